The van der Waals surface area contributed by atoms with Crippen LogP contribution in [0.2, 0.25) is 0 Å². The number of aryl methyl sites for hydroxylation is 2. The van der Waals surface area contributed by atoms with E-state index >= 15 is 0 Å². The molecule has 0 radical (unpaired) electrons. The number of hydrogen-bond donors (Lipinski definition) is 2. The van der Waals surface area contributed by atoms with Gasteiger partial charge in [0.15, 0.2) is 6.61 Å². The van der Waals surface area contributed by atoms with Gasteiger partial charge in [-0.15, -0.1) is 11.8 Å². The van der Waals surface area contributed by atoms with Gasteiger partial charge in [-0.2, -0.15) is 0 Å². The van der Waals surface area contributed by atoms with Gasteiger partial charge in [-0.3, -0.25) is 25.2 Å². The highest BCUT2D eigenvalue weighted by Gasteiger charge is 2.26. The molecule has 2 aromatic carbocycles. The molecule has 0 atom stereocenters. The monoisotopic (exact) mass is 399 g/mol. The van der Waals surface area contributed by atoms with Gasteiger partial charge in [0.1, 0.15) is 12.3 Å². The van der Waals surface area contributed by atoms with E-state index in [0.717, 1.165) is 16.0 Å². The summed E-state index contributed by atoms with van der Waals surface area (Å²) in [6, 6.07) is 13.1. The summed E-state index contributed by atoms with van der Waals surface area (Å²) < 4.78 is 5.44. The number of hydrazine groups is 1. The third kappa shape index (κ3) is 5.04. The van der Waals surface area contributed by atoms with Crippen LogP contribution in [0.5, 0.6) is 5.75 Å². The van der Waals surface area contributed by atoms with Crippen molar-refractivity contribution in [1.29, 1.82) is 0 Å². The second kappa shape index (κ2) is 8.79. The summed E-state index contributed by atoms with van der Waals surface area (Å²) in [6.45, 7) is 3.48. The van der Waals surface area contributed by atoms with Gasteiger partial charge in [-0.1, -0.05) is 18.2 Å². The van der Waals surface area contributed by atoms with Crippen LogP contribution in [0.1, 0.15) is 11.1 Å². The lowest BCUT2D eigenvalue weighted by Gasteiger charge is -2.28. The first-order chi connectivity index (χ1) is 13.4. The molecule has 1 aliphatic heterocycles. The normalized spacial score (nSPS) is 12.9. The van der Waals surface area contributed by atoms with Crippen molar-refractivity contribution in [3.63, 3.8) is 0 Å². The summed E-state index contributed by atoms with van der Waals surface area (Å²) in [5.74, 6) is -0.265. The molecule has 0 aliphatic carbocycles. The minimum atomic E-state index is -0.492. The maximum absolute atomic E-state index is 12.2. The highest BCUT2D eigenvalue weighted by Crippen LogP contribution is 2.34. The van der Waals surface area contributed by atoms with Crippen molar-refractivity contribution in [1.82, 2.24) is 10.9 Å². The first-order valence-corrected chi connectivity index (χ1v) is 9.72. The summed E-state index contributed by atoms with van der Waals surface area (Å²) in [5, 5.41) is 0. The standard InChI is InChI=1S/C20H21N3O4S/c1-13-7-14(2)9-15(8-13)27-11-19(25)22-21-18(24)10-23-16-5-3-4-6-17(16)28-12-20(23)26/h3-9H,10-12H2,1-2H3,(H,21,24)(H,22,25). The molecule has 3 amide bonds. The van der Waals surface area contributed by atoms with Crippen LogP contribution >= 0.6 is 11.8 Å². The fourth-order valence-electron chi connectivity index (χ4n) is 2.85. The second-order valence-corrected chi connectivity index (χ2v) is 7.46. The molecule has 0 aromatic heterocycles. The third-order valence-electron chi connectivity index (χ3n) is 4.02. The van der Waals surface area contributed by atoms with Gasteiger partial charge in [0.05, 0.1) is 11.4 Å². The van der Waals surface area contributed by atoms with Crippen molar-refractivity contribution in [2.24, 2.45) is 0 Å². The smallest absolute Gasteiger partial charge is 0.276 e. The minimum absolute atomic E-state index is 0.150. The average Bonchev–Trinajstić information content (AvgIpc) is 2.66. The van der Waals surface area contributed by atoms with E-state index in [1.54, 1.807) is 6.07 Å². The van der Waals surface area contributed by atoms with E-state index in [1.807, 2.05) is 50.2 Å². The highest BCUT2D eigenvalue weighted by molar-refractivity contribution is 8.00. The van der Waals surface area contributed by atoms with Gasteiger partial charge in [-0.05, 0) is 49.2 Å². The molecule has 0 saturated carbocycles. The number of benzene rings is 2. The summed E-state index contributed by atoms with van der Waals surface area (Å²) in [5.41, 5.74) is 7.39. The van der Waals surface area contributed by atoms with Gasteiger partial charge >= 0.3 is 0 Å². The van der Waals surface area contributed by atoms with Crippen LogP contribution in [0.25, 0.3) is 0 Å². The zero-order valence-corrected chi connectivity index (χ0v) is 16.5. The van der Waals surface area contributed by atoms with Crippen LogP contribution in [0, 0.1) is 13.8 Å². The number of thioether (sulfide) groups is 1. The van der Waals surface area contributed by atoms with Gasteiger partial charge in [0.2, 0.25) is 5.91 Å². The van der Waals surface area contributed by atoms with Gasteiger partial charge in [-0.25, -0.2) is 0 Å². The molecule has 28 heavy (non-hydrogen) atoms. The molecule has 8 heteroatoms. The molecule has 0 spiro atoms. The largest absolute Gasteiger partial charge is 0.484 e. The Labute approximate surface area is 167 Å². The van der Waals surface area contributed by atoms with E-state index in [1.165, 1.54) is 16.7 Å². The van der Waals surface area contributed by atoms with Crippen LogP contribution < -0.4 is 20.5 Å². The Morgan fingerprint density at radius 1 is 1.07 bits per heavy atom. The van der Waals surface area contributed by atoms with Crippen molar-refractivity contribution >= 4 is 35.2 Å². The number of para-hydroxylation sites is 1. The Morgan fingerprint density at radius 3 is 2.50 bits per heavy atom. The molecule has 7 nitrogen and oxygen atoms in total. The van der Waals surface area contributed by atoms with Crippen LogP contribution in [0.4, 0.5) is 5.69 Å². The van der Waals surface area contributed by atoms with E-state index in [2.05, 4.69) is 10.9 Å². The molecule has 0 saturated heterocycles. The molecule has 2 aromatic rings. The number of nitrogens with zero attached hydrogens (tertiary/aromatic N) is 1. The molecule has 2 N–H and O–H groups in total. The molecule has 1 aliphatic rings. The fourth-order valence-corrected chi connectivity index (χ4v) is 3.79. The lowest BCUT2D eigenvalue weighted by Crippen LogP contribution is -2.49. The molecule has 0 unspecified atom stereocenters. The number of hydrogen-bond acceptors (Lipinski definition) is 5. The number of nitrogens with one attached hydrogen (secondary N) is 2. The van der Waals surface area contributed by atoms with E-state index in [9.17, 15) is 14.4 Å². The van der Waals surface area contributed by atoms with Crippen molar-refractivity contribution in [3.05, 3.63) is 53.6 Å². The van der Waals surface area contributed by atoms with Gasteiger partial charge < -0.3 is 9.64 Å². The van der Waals surface area contributed by atoms with Crippen molar-refractivity contribution < 1.29 is 19.1 Å². The number of carbonyl (C=O) groups is 3. The first-order valence-electron chi connectivity index (χ1n) is 8.73. The molecular weight excluding hydrogens is 378 g/mol. The lowest BCUT2D eigenvalue weighted by molar-refractivity contribution is -0.129. The summed E-state index contributed by atoms with van der Waals surface area (Å²) in [4.78, 5) is 38.6. The molecular formula is C20H21N3O4S. The summed E-state index contributed by atoms with van der Waals surface area (Å²) >= 11 is 1.44. The van der Waals surface area contributed by atoms with Crippen LogP contribution in [-0.2, 0) is 14.4 Å². The predicted octanol–water partition coefficient (Wildman–Crippen LogP) is 1.97. The van der Waals surface area contributed by atoms with Crippen LogP contribution in [-0.4, -0.2) is 36.6 Å². The van der Waals surface area contributed by atoms with Crippen LogP contribution in [0.3, 0.4) is 0 Å². The predicted molar refractivity (Wildman–Crippen MR) is 107 cm³/mol. The van der Waals surface area contributed by atoms with Crippen molar-refractivity contribution in [2.45, 2.75) is 18.7 Å². The number of anilines is 1. The first kappa shape index (κ1) is 19.8. The van der Waals surface area contributed by atoms with Gasteiger partial charge in [0.25, 0.3) is 11.8 Å². The lowest BCUT2D eigenvalue weighted by atomic mass is 10.1. The maximum atomic E-state index is 12.2. The highest BCUT2D eigenvalue weighted by atomic mass is 32.2. The Hall–Kier alpha value is -3.00. The Kier molecular flexibility index (Phi) is 6.20. The molecule has 1 heterocycles. The Bertz CT molecular complexity index is 896. The number of carbonyl (C=O) groups excluding carboxylic acids is 3. The number of amides is 3. The molecule has 0 bridgehead atoms. The number of fused-ring (bicyclic) bond motifs is 1. The van der Waals surface area contributed by atoms with Crippen molar-refractivity contribution in [2.75, 3.05) is 23.8 Å². The summed E-state index contributed by atoms with van der Waals surface area (Å²) in [6.07, 6.45) is 0. The van der Waals surface area contributed by atoms with E-state index < -0.39 is 11.8 Å². The van der Waals surface area contributed by atoms with Crippen molar-refractivity contribution in [3.8, 4) is 5.75 Å². The number of rotatable bonds is 5. The zero-order chi connectivity index (χ0) is 20.1. The number of ether oxygens (including phenoxy) is 1. The quantitative estimate of drug-likeness (QED) is 0.751. The second-order valence-electron chi connectivity index (χ2n) is 6.44. The van der Waals surface area contributed by atoms with E-state index in [0.29, 0.717) is 11.4 Å². The fraction of sp³-hybridized carbons (Fsp3) is 0.250. The molecule has 3 rings (SSSR count). The summed E-state index contributed by atoms with van der Waals surface area (Å²) in [7, 11) is 0. The zero-order valence-electron chi connectivity index (χ0n) is 15.7. The Morgan fingerprint density at radius 2 is 1.75 bits per heavy atom. The van der Waals surface area contributed by atoms with E-state index in [4.69, 9.17) is 4.74 Å². The molecule has 0 fully saturated rings. The molecule has 146 valence electrons. The maximum Gasteiger partial charge on any atom is 0.276 e. The Balaban J connectivity index is 1.49. The third-order valence-corrected chi connectivity index (χ3v) is 5.06. The van der Waals surface area contributed by atoms with Gasteiger partial charge in [0, 0.05) is 4.90 Å². The SMILES string of the molecule is Cc1cc(C)cc(OCC(=O)NNC(=O)CN2C(=O)CSc3ccccc32)c1. The van der Waals surface area contributed by atoms with E-state index in [-0.39, 0.29) is 24.8 Å². The van der Waals surface area contributed by atoms with Crippen LogP contribution in [0.15, 0.2) is 47.4 Å². The topological polar surface area (TPSA) is 87.7 Å². The minimum Gasteiger partial charge on any atom is -0.484 e. The average molecular weight is 399 g/mol.